The molecule has 0 atom stereocenters. The highest BCUT2D eigenvalue weighted by Gasteiger charge is 2.18. The Morgan fingerprint density at radius 2 is 2.15 bits per heavy atom. The quantitative estimate of drug-likeness (QED) is 0.752. The van der Waals surface area contributed by atoms with Crippen LogP contribution < -0.4 is 0 Å². The summed E-state index contributed by atoms with van der Waals surface area (Å²) in [6.45, 7) is 2.37. The van der Waals surface area contributed by atoms with Crippen molar-refractivity contribution in [3.8, 4) is 0 Å². The van der Waals surface area contributed by atoms with Gasteiger partial charge in [-0.05, 0) is 48.9 Å². The molecular formula is C9H14BrN3. The van der Waals surface area contributed by atoms with Crippen LogP contribution >= 0.6 is 15.9 Å². The van der Waals surface area contributed by atoms with Gasteiger partial charge in [-0.15, -0.1) is 0 Å². The van der Waals surface area contributed by atoms with Crippen molar-refractivity contribution in [1.29, 1.82) is 0 Å². The molecule has 0 amide bonds. The lowest BCUT2D eigenvalue weighted by molar-refractivity contribution is 0.212. The maximum Gasteiger partial charge on any atom is 0.0632 e. The van der Waals surface area contributed by atoms with E-state index in [4.69, 9.17) is 0 Å². The lowest BCUT2D eigenvalue weighted by Gasteiger charge is -2.28. The molecule has 13 heavy (non-hydrogen) atoms. The molecule has 0 aromatic carbocycles. The predicted molar refractivity (Wildman–Crippen MR) is 55.7 cm³/mol. The minimum Gasteiger partial charge on any atom is -0.306 e. The van der Waals surface area contributed by atoms with Gasteiger partial charge in [0.15, 0.2) is 0 Å². The van der Waals surface area contributed by atoms with E-state index in [1.54, 1.807) is 0 Å². The number of halogens is 1. The summed E-state index contributed by atoms with van der Waals surface area (Å²) >= 11 is 3.42. The average molecular weight is 244 g/mol. The van der Waals surface area contributed by atoms with Crippen molar-refractivity contribution < 1.29 is 0 Å². The topological polar surface area (TPSA) is 21.1 Å². The Balaban J connectivity index is 2.02. The van der Waals surface area contributed by atoms with E-state index < -0.39 is 0 Å². The zero-order valence-corrected chi connectivity index (χ0v) is 9.37. The number of hydrogen-bond donors (Lipinski definition) is 0. The Labute approximate surface area is 86.8 Å². The molecule has 1 saturated heterocycles. The second-order valence-electron chi connectivity index (χ2n) is 3.67. The first-order valence-corrected chi connectivity index (χ1v) is 5.43. The van der Waals surface area contributed by atoms with Gasteiger partial charge in [-0.2, -0.15) is 5.10 Å². The van der Waals surface area contributed by atoms with Crippen LogP contribution in [-0.4, -0.2) is 34.8 Å². The standard InChI is InChI=1S/C9H14BrN3/c1-12-4-2-9(3-5-12)13-7-8(10)6-11-13/h6-7,9H,2-5H2,1H3. The minimum atomic E-state index is 0.600. The van der Waals surface area contributed by atoms with Crippen molar-refractivity contribution in [1.82, 2.24) is 14.7 Å². The van der Waals surface area contributed by atoms with Crippen molar-refractivity contribution in [2.45, 2.75) is 18.9 Å². The van der Waals surface area contributed by atoms with E-state index in [9.17, 15) is 0 Å². The molecule has 2 heterocycles. The largest absolute Gasteiger partial charge is 0.306 e. The average Bonchev–Trinajstić information content (AvgIpc) is 2.53. The highest BCUT2D eigenvalue weighted by Crippen LogP contribution is 2.22. The van der Waals surface area contributed by atoms with Crippen LogP contribution in [0.2, 0.25) is 0 Å². The van der Waals surface area contributed by atoms with Crippen LogP contribution in [0.5, 0.6) is 0 Å². The lowest BCUT2D eigenvalue weighted by atomic mass is 10.1. The molecule has 1 aliphatic heterocycles. The van der Waals surface area contributed by atoms with Crippen molar-refractivity contribution in [3.63, 3.8) is 0 Å². The molecule has 72 valence electrons. The summed E-state index contributed by atoms with van der Waals surface area (Å²) in [6.07, 6.45) is 6.35. The highest BCUT2D eigenvalue weighted by molar-refractivity contribution is 9.10. The van der Waals surface area contributed by atoms with Crippen molar-refractivity contribution in [3.05, 3.63) is 16.9 Å². The van der Waals surface area contributed by atoms with Crippen LogP contribution in [0.3, 0.4) is 0 Å². The molecule has 1 aliphatic rings. The van der Waals surface area contributed by atoms with E-state index in [0.717, 1.165) is 4.47 Å². The van der Waals surface area contributed by atoms with E-state index in [2.05, 4.69) is 43.9 Å². The molecular weight excluding hydrogens is 230 g/mol. The second kappa shape index (κ2) is 3.80. The molecule has 1 fully saturated rings. The first-order chi connectivity index (χ1) is 6.25. The minimum absolute atomic E-state index is 0.600. The third-order valence-electron chi connectivity index (χ3n) is 2.63. The summed E-state index contributed by atoms with van der Waals surface area (Å²) in [4.78, 5) is 2.37. The predicted octanol–water partition coefficient (Wildman–Crippen LogP) is 1.91. The van der Waals surface area contributed by atoms with Crippen LogP contribution in [0.15, 0.2) is 16.9 Å². The summed E-state index contributed by atoms with van der Waals surface area (Å²) in [5.74, 6) is 0. The van der Waals surface area contributed by atoms with Gasteiger partial charge < -0.3 is 4.90 Å². The lowest BCUT2D eigenvalue weighted by Crippen LogP contribution is -2.31. The van der Waals surface area contributed by atoms with Gasteiger partial charge in [0.05, 0.1) is 16.7 Å². The molecule has 0 aliphatic carbocycles. The molecule has 1 aromatic rings. The van der Waals surface area contributed by atoms with Gasteiger partial charge in [0.1, 0.15) is 0 Å². The van der Waals surface area contributed by atoms with Crippen molar-refractivity contribution in [2.75, 3.05) is 20.1 Å². The van der Waals surface area contributed by atoms with Crippen LogP contribution in [0.1, 0.15) is 18.9 Å². The van der Waals surface area contributed by atoms with Crippen molar-refractivity contribution >= 4 is 15.9 Å². The van der Waals surface area contributed by atoms with Gasteiger partial charge >= 0.3 is 0 Å². The zero-order valence-electron chi connectivity index (χ0n) is 7.78. The smallest absolute Gasteiger partial charge is 0.0632 e. The van der Waals surface area contributed by atoms with Gasteiger partial charge in [0.25, 0.3) is 0 Å². The van der Waals surface area contributed by atoms with E-state index in [1.165, 1.54) is 25.9 Å². The molecule has 0 N–H and O–H groups in total. The number of piperidine rings is 1. The first-order valence-electron chi connectivity index (χ1n) is 4.64. The SMILES string of the molecule is CN1CCC(n2cc(Br)cn2)CC1. The summed E-state index contributed by atoms with van der Waals surface area (Å²) in [7, 11) is 2.18. The van der Waals surface area contributed by atoms with Crippen molar-refractivity contribution in [2.24, 2.45) is 0 Å². The number of hydrogen-bond acceptors (Lipinski definition) is 2. The van der Waals surface area contributed by atoms with E-state index >= 15 is 0 Å². The van der Waals surface area contributed by atoms with Crippen LogP contribution in [0.25, 0.3) is 0 Å². The fourth-order valence-corrected chi connectivity index (χ4v) is 2.08. The normalized spacial score (nSPS) is 20.8. The fraction of sp³-hybridized carbons (Fsp3) is 0.667. The Bertz CT molecular complexity index is 276. The number of likely N-dealkylation sites (tertiary alicyclic amines) is 1. The van der Waals surface area contributed by atoms with Gasteiger partial charge in [-0.1, -0.05) is 0 Å². The molecule has 3 nitrogen and oxygen atoms in total. The molecule has 2 rings (SSSR count). The van der Waals surface area contributed by atoms with Crippen LogP contribution in [0, 0.1) is 0 Å². The molecule has 4 heteroatoms. The van der Waals surface area contributed by atoms with Gasteiger partial charge in [0.2, 0.25) is 0 Å². The number of rotatable bonds is 1. The summed E-state index contributed by atoms with van der Waals surface area (Å²) in [5, 5.41) is 4.32. The van der Waals surface area contributed by atoms with E-state index in [0.29, 0.717) is 6.04 Å². The Hall–Kier alpha value is -0.350. The van der Waals surface area contributed by atoms with E-state index in [-0.39, 0.29) is 0 Å². The Morgan fingerprint density at radius 1 is 1.46 bits per heavy atom. The number of nitrogens with zero attached hydrogens (tertiary/aromatic N) is 3. The first kappa shape index (κ1) is 9.21. The van der Waals surface area contributed by atoms with Gasteiger partial charge in [0, 0.05) is 6.20 Å². The Kier molecular flexibility index (Phi) is 2.69. The monoisotopic (exact) mass is 243 g/mol. The maximum atomic E-state index is 4.32. The number of aromatic nitrogens is 2. The molecule has 0 bridgehead atoms. The fourth-order valence-electron chi connectivity index (χ4n) is 1.77. The molecule has 0 saturated carbocycles. The highest BCUT2D eigenvalue weighted by atomic mass is 79.9. The molecule has 0 radical (unpaired) electrons. The van der Waals surface area contributed by atoms with Crippen LogP contribution in [-0.2, 0) is 0 Å². The Morgan fingerprint density at radius 3 is 2.69 bits per heavy atom. The summed E-state index contributed by atoms with van der Waals surface area (Å²) in [5.41, 5.74) is 0. The zero-order chi connectivity index (χ0) is 9.26. The third-order valence-corrected chi connectivity index (χ3v) is 3.04. The van der Waals surface area contributed by atoms with E-state index in [1.807, 2.05) is 6.20 Å². The third kappa shape index (κ3) is 2.11. The summed E-state index contributed by atoms with van der Waals surface area (Å²) < 4.78 is 3.16. The van der Waals surface area contributed by atoms with Gasteiger partial charge in [-0.25, -0.2) is 0 Å². The second-order valence-corrected chi connectivity index (χ2v) is 4.59. The summed E-state index contributed by atoms with van der Waals surface area (Å²) in [6, 6.07) is 0.600. The molecule has 0 unspecified atom stereocenters. The molecule has 1 aromatic heterocycles. The molecule has 0 spiro atoms. The van der Waals surface area contributed by atoms with Crippen LogP contribution in [0.4, 0.5) is 0 Å². The maximum absolute atomic E-state index is 4.32. The van der Waals surface area contributed by atoms with Gasteiger partial charge in [-0.3, -0.25) is 4.68 Å².